The molecule has 230 valence electrons. The van der Waals surface area contributed by atoms with Crippen LogP contribution in [0.25, 0.3) is 65.7 Å². The average molecular weight is 624 g/mol. The van der Waals surface area contributed by atoms with Gasteiger partial charge in [-0.15, -0.1) is 0 Å². The molecule has 0 amide bonds. The van der Waals surface area contributed by atoms with Gasteiger partial charge in [0.1, 0.15) is 0 Å². The molecule has 0 atom stereocenters. The number of para-hydroxylation sites is 1. The van der Waals surface area contributed by atoms with E-state index in [-0.39, 0.29) is 0 Å². The summed E-state index contributed by atoms with van der Waals surface area (Å²) in [7, 11) is 0. The number of fused-ring (bicyclic) bond motifs is 4. The molecule has 0 spiro atoms. The molecule has 0 aromatic heterocycles. The van der Waals surface area contributed by atoms with E-state index in [9.17, 15) is 0 Å². The zero-order valence-corrected chi connectivity index (χ0v) is 27.0. The maximum Gasteiger partial charge on any atom is 0.0467 e. The normalized spacial score (nSPS) is 11.3. The SMILES string of the molecule is c1ccc(N(c2ccc(-c3ccc4c(ccc5ccccc54)c3)cc2)c2cccc(-c3cccc(-c4cccc5ccccc45)c3)c2)cc1. The van der Waals surface area contributed by atoms with Crippen LogP contribution in [0.15, 0.2) is 200 Å². The molecule has 9 rings (SSSR count). The van der Waals surface area contributed by atoms with E-state index in [2.05, 4.69) is 205 Å². The van der Waals surface area contributed by atoms with Crippen LogP contribution < -0.4 is 4.90 Å². The first kappa shape index (κ1) is 28.8. The Kier molecular flexibility index (Phi) is 7.22. The first-order valence-electron chi connectivity index (χ1n) is 16.8. The second kappa shape index (κ2) is 12.3. The van der Waals surface area contributed by atoms with E-state index in [1.165, 1.54) is 65.7 Å². The van der Waals surface area contributed by atoms with E-state index >= 15 is 0 Å². The van der Waals surface area contributed by atoms with Crippen LogP contribution in [0.3, 0.4) is 0 Å². The molecule has 0 fully saturated rings. The molecule has 0 bridgehead atoms. The van der Waals surface area contributed by atoms with Gasteiger partial charge in [-0.25, -0.2) is 0 Å². The topological polar surface area (TPSA) is 3.24 Å². The third kappa shape index (κ3) is 5.42. The zero-order chi connectivity index (χ0) is 32.6. The second-order valence-electron chi connectivity index (χ2n) is 12.6. The Labute approximate surface area is 287 Å². The van der Waals surface area contributed by atoms with Gasteiger partial charge in [-0.1, -0.05) is 152 Å². The molecule has 0 radical (unpaired) electrons. The summed E-state index contributed by atoms with van der Waals surface area (Å²) in [4.78, 5) is 2.34. The van der Waals surface area contributed by atoms with Crippen molar-refractivity contribution in [2.24, 2.45) is 0 Å². The lowest BCUT2D eigenvalue weighted by molar-refractivity contribution is 1.28. The molecule has 49 heavy (non-hydrogen) atoms. The Bertz CT molecular complexity index is 2590. The Morgan fingerprint density at radius 1 is 0.245 bits per heavy atom. The third-order valence-corrected chi connectivity index (χ3v) is 9.62. The molecule has 0 aliphatic carbocycles. The van der Waals surface area contributed by atoms with E-state index in [0.29, 0.717) is 0 Å². The van der Waals surface area contributed by atoms with Crippen LogP contribution in [-0.2, 0) is 0 Å². The predicted molar refractivity (Wildman–Crippen MR) is 210 cm³/mol. The van der Waals surface area contributed by atoms with Crippen molar-refractivity contribution in [3.63, 3.8) is 0 Å². The van der Waals surface area contributed by atoms with Crippen molar-refractivity contribution in [1.82, 2.24) is 0 Å². The number of benzene rings is 9. The zero-order valence-electron chi connectivity index (χ0n) is 27.0. The highest BCUT2D eigenvalue weighted by Crippen LogP contribution is 2.39. The molecule has 9 aromatic rings. The third-order valence-electron chi connectivity index (χ3n) is 9.62. The van der Waals surface area contributed by atoms with Crippen molar-refractivity contribution in [3.8, 4) is 33.4 Å². The molecule has 1 heteroatoms. The van der Waals surface area contributed by atoms with Gasteiger partial charge in [0, 0.05) is 17.1 Å². The van der Waals surface area contributed by atoms with Gasteiger partial charge in [0.15, 0.2) is 0 Å². The lowest BCUT2D eigenvalue weighted by Gasteiger charge is -2.26. The Morgan fingerprint density at radius 2 is 0.776 bits per heavy atom. The maximum atomic E-state index is 2.34. The number of hydrogen-bond donors (Lipinski definition) is 0. The van der Waals surface area contributed by atoms with Crippen molar-refractivity contribution in [2.75, 3.05) is 4.90 Å². The first-order valence-corrected chi connectivity index (χ1v) is 16.8. The summed E-state index contributed by atoms with van der Waals surface area (Å²) in [5, 5.41) is 7.64. The van der Waals surface area contributed by atoms with Crippen molar-refractivity contribution >= 4 is 49.4 Å². The van der Waals surface area contributed by atoms with Gasteiger partial charge < -0.3 is 4.90 Å². The Morgan fingerprint density at radius 3 is 1.61 bits per heavy atom. The summed E-state index contributed by atoms with van der Waals surface area (Å²) in [5.41, 5.74) is 10.6. The molecule has 0 saturated heterocycles. The fourth-order valence-electron chi connectivity index (χ4n) is 7.19. The average Bonchev–Trinajstić information content (AvgIpc) is 3.18. The predicted octanol–water partition coefficient (Wildman–Crippen LogP) is 13.6. The van der Waals surface area contributed by atoms with Crippen LogP contribution in [-0.4, -0.2) is 0 Å². The van der Waals surface area contributed by atoms with Crippen LogP contribution in [0, 0.1) is 0 Å². The molecular formula is C48H33N. The van der Waals surface area contributed by atoms with Crippen molar-refractivity contribution in [3.05, 3.63) is 200 Å². The van der Waals surface area contributed by atoms with Gasteiger partial charge in [-0.05, 0) is 114 Å². The minimum atomic E-state index is 1.11. The van der Waals surface area contributed by atoms with Gasteiger partial charge in [0.25, 0.3) is 0 Å². The highest BCUT2D eigenvalue weighted by Gasteiger charge is 2.14. The molecule has 1 nitrogen and oxygen atoms in total. The highest BCUT2D eigenvalue weighted by molar-refractivity contribution is 6.08. The van der Waals surface area contributed by atoms with Gasteiger partial charge in [0.05, 0.1) is 0 Å². The lowest BCUT2D eigenvalue weighted by Crippen LogP contribution is -2.09. The molecular weight excluding hydrogens is 591 g/mol. The van der Waals surface area contributed by atoms with Crippen LogP contribution >= 0.6 is 0 Å². The van der Waals surface area contributed by atoms with Crippen molar-refractivity contribution in [1.29, 1.82) is 0 Å². The van der Waals surface area contributed by atoms with Gasteiger partial charge in [-0.3, -0.25) is 0 Å². The summed E-state index contributed by atoms with van der Waals surface area (Å²) in [6, 6.07) is 72.4. The van der Waals surface area contributed by atoms with Crippen LogP contribution in [0.1, 0.15) is 0 Å². The van der Waals surface area contributed by atoms with Crippen LogP contribution in [0.2, 0.25) is 0 Å². The summed E-state index contributed by atoms with van der Waals surface area (Å²) in [6.07, 6.45) is 0. The molecule has 0 aliphatic heterocycles. The number of rotatable bonds is 6. The summed E-state index contributed by atoms with van der Waals surface area (Å²) >= 11 is 0. The smallest absolute Gasteiger partial charge is 0.0467 e. The van der Waals surface area contributed by atoms with Gasteiger partial charge >= 0.3 is 0 Å². The molecule has 0 aliphatic rings. The quantitative estimate of drug-likeness (QED) is 0.167. The summed E-state index contributed by atoms with van der Waals surface area (Å²) < 4.78 is 0. The van der Waals surface area contributed by atoms with E-state index in [1.54, 1.807) is 0 Å². The number of hydrogen-bond acceptors (Lipinski definition) is 1. The molecule has 0 heterocycles. The number of nitrogens with zero attached hydrogens (tertiary/aromatic N) is 1. The minimum Gasteiger partial charge on any atom is -0.310 e. The van der Waals surface area contributed by atoms with Gasteiger partial charge in [-0.2, -0.15) is 0 Å². The number of anilines is 3. The monoisotopic (exact) mass is 623 g/mol. The lowest BCUT2D eigenvalue weighted by atomic mass is 9.95. The van der Waals surface area contributed by atoms with Crippen molar-refractivity contribution < 1.29 is 0 Å². The second-order valence-corrected chi connectivity index (χ2v) is 12.6. The fraction of sp³-hybridized carbons (Fsp3) is 0. The van der Waals surface area contributed by atoms with E-state index in [1.807, 2.05) is 0 Å². The first-order chi connectivity index (χ1) is 24.3. The maximum absolute atomic E-state index is 2.34. The fourth-order valence-corrected chi connectivity index (χ4v) is 7.19. The Hall–Kier alpha value is -6.44. The molecule has 9 aromatic carbocycles. The molecule has 0 saturated carbocycles. The van der Waals surface area contributed by atoms with Crippen LogP contribution in [0.4, 0.5) is 17.1 Å². The van der Waals surface area contributed by atoms with Crippen LogP contribution in [0.5, 0.6) is 0 Å². The highest BCUT2D eigenvalue weighted by atomic mass is 15.1. The molecule has 0 N–H and O–H groups in total. The van der Waals surface area contributed by atoms with E-state index in [0.717, 1.165) is 17.1 Å². The largest absolute Gasteiger partial charge is 0.310 e. The standard InChI is InChI=1S/C48H33N/c1-2-17-42(18-3-1)49(43-28-25-34(26-29-43)39-27-30-48-41(32-39)24-23-36-12-5-7-21-46(36)48)44-19-9-15-38(33-44)37-14-8-16-40(31-37)47-22-10-13-35-11-4-6-20-45(35)47/h1-33H. The minimum absolute atomic E-state index is 1.11. The Balaban J connectivity index is 1.08. The van der Waals surface area contributed by atoms with Crippen molar-refractivity contribution in [2.45, 2.75) is 0 Å². The molecule has 0 unspecified atom stereocenters. The van der Waals surface area contributed by atoms with Gasteiger partial charge in [0.2, 0.25) is 0 Å². The summed E-state index contributed by atoms with van der Waals surface area (Å²) in [5.74, 6) is 0. The summed E-state index contributed by atoms with van der Waals surface area (Å²) in [6.45, 7) is 0. The van der Waals surface area contributed by atoms with E-state index in [4.69, 9.17) is 0 Å². The van der Waals surface area contributed by atoms with E-state index < -0.39 is 0 Å².